The molecule has 4 nitrogen and oxygen atoms in total. The predicted octanol–water partition coefficient (Wildman–Crippen LogP) is 2.93. The molecule has 0 unspecified atom stereocenters. The van der Waals surface area contributed by atoms with Crippen molar-refractivity contribution in [3.8, 4) is 5.75 Å². The zero-order valence-corrected chi connectivity index (χ0v) is 15.2. The highest BCUT2D eigenvalue weighted by Gasteiger charge is 2.30. The van der Waals surface area contributed by atoms with Crippen molar-refractivity contribution in [2.45, 2.75) is 12.0 Å². The molecule has 1 saturated heterocycles. The van der Waals surface area contributed by atoms with Crippen LogP contribution in [0.5, 0.6) is 5.75 Å². The number of hydrogen-bond acceptors (Lipinski definition) is 4. The molecular formula is C20H27ClN2O2. The lowest BCUT2D eigenvalue weighted by Crippen LogP contribution is -2.30. The number of nitrogens with zero attached hydrogens (tertiary/aromatic N) is 1. The quantitative estimate of drug-likeness (QED) is 0.733. The fraction of sp³-hybridized carbons (Fsp3) is 0.400. The number of hydrogen-bond donors (Lipinski definition) is 1. The van der Waals surface area contributed by atoms with E-state index in [4.69, 9.17) is 15.2 Å². The molecule has 0 amide bonds. The normalized spacial score (nSPS) is 20.2. The topological polar surface area (TPSA) is 47.7 Å². The van der Waals surface area contributed by atoms with Gasteiger partial charge >= 0.3 is 0 Å². The summed E-state index contributed by atoms with van der Waals surface area (Å²) >= 11 is 0. The zero-order chi connectivity index (χ0) is 16.6. The number of rotatable bonds is 8. The van der Waals surface area contributed by atoms with Crippen molar-refractivity contribution in [2.24, 2.45) is 5.73 Å². The van der Waals surface area contributed by atoms with Gasteiger partial charge in [0.05, 0.1) is 13.2 Å². The van der Waals surface area contributed by atoms with E-state index in [-0.39, 0.29) is 18.4 Å². The van der Waals surface area contributed by atoms with Gasteiger partial charge in [-0.2, -0.15) is 0 Å². The fourth-order valence-electron chi connectivity index (χ4n) is 3.18. The van der Waals surface area contributed by atoms with E-state index in [0.29, 0.717) is 25.7 Å². The number of halogens is 1. The number of benzene rings is 2. The van der Waals surface area contributed by atoms with Gasteiger partial charge in [0.1, 0.15) is 12.4 Å². The fourth-order valence-corrected chi connectivity index (χ4v) is 3.18. The number of likely N-dealkylation sites (tertiary alicyclic amines) is 1. The van der Waals surface area contributed by atoms with E-state index in [9.17, 15) is 0 Å². The highest BCUT2D eigenvalue weighted by molar-refractivity contribution is 5.85. The van der Waals surface area contributed by atoms with Crippen molar-refractivity contribution in [3.63, 3.8) is 0 Å². The Balaban J connectivity index is 0.00000225. The molecule has 0 aromatic heterocycles. The molecule has 0 saturated carbocycles. The van der Waals surface area contributed by atoms with Gasteiger partial charge in [-0.15, -0.1) is 12.4 Å². The smallest absolute Gasteiger partial charge is 0.119 e. The van der Waals surface area contributed by atoms with Crippen LogP contribution in [0.15, 0.2) is 60.7 Å². The molecule has 0 bridgehead atoms. The first-order valence-electron chi connectivity index (χ1n) is 8.61. The van der Waals surface area contributed by atoms with Gasteiger partial charge in [-0.05, 0) is 17.7 Å². The molecule has 2 aromatic rings. The minimum absolute atomic E-state index is 0. The summed E-state index contributed by atoms with van der Waals surface area (Å²) in [6.45, 7) is 4.76. The summed E-state index contributed by atoms with van der Waals surface area (Å²) < 4.78 is 11.3. The standard InChI is InChI=1S/C20H26N2O2.ClH/c21-20-16-22(15-19(20)17-7-3-1-4-8-17)11-12-23-13-14-24-18-9-5-2-6-10-18;/h1-10,19-20H,11-16,21H2;1H/t19-,20+;/m0./s1. The van der Waals surface area contributed by atoms with Crippen LogP contribution in [0.25, 0.3) is 0 Å². The highest BCUT2D eigenvalue weighted by atomic mass is 35.5. The Morgan fingerprint density at radius 3 is 2.28 bits per heavy atom. The second-order valence-electron chi connectivity index (χ2n) is 6.21. The van der Waals surface area contributed by atoms with Crippen LogP contribution >= 0.6 is 12.4 Å². The van der Waals surface area contributed by atoms with Gasteiger partial charge in [-0.25, -0.2) is 0 Å². The van der Waals surface area contributed by atoms with Crippen molar-refractivity contribution < 1.29 is 9.47 Å². The molecule has 1 fully saturated rings. The van der Waals surface area contributed by atoms with Crippen LogP contribution in [0.1, 0.15) is 11.5 Å². The average Bonchev–Trinajstić information content (AvgIpc) is 3.00. The van der Waals surface area contributed by atoms with Crippen molar-refractivity contribution in [1.29, 1.82) is 0 Å². The number of para-hydroxylation sites is 1. The lowest BCUT2D eigenvalue weighted by molar-refractivity contribution is 0.0841. The van der Waals surface area contributed by atoms with Gasteiger partial charge in [-0.3, -0.25) is 4.90 Å². The first kappa shape index (κ1) is 19.7. The first-order chi connectivity index (χ1) is 11.8. The monoisotopic (exact) mass is 362 g/mol. The second-order valence-corrected chi connectivity index (χ2v) is 6.21. The molecule has 0 radical (unpaired) electrons. The maximum Gasteiger partial charge on any atom is 0.119 e. The lowest BCUT2D eigenvalue weighted by Gasteiger charge is -2.16. The Labute approximate surface area is 156 Å². The first-order valence-corrected chi connectivity index (χ1v) is 8.61. The Bertz CT molecular complexity index is 597. The third kappa shape index (κ3) is 6.01. The molecule has 2 atom stereocenters. The van der Waals surface area contributed by atoms with Crippen LogP contribution in [0.3, 0.4) is 0 Å². The van der Waals surface area contributed by atoms with Crippen molar-refractivity contribution in [3.05, 3.63) is 66.2 Å². The van der Waals surface area contributed by atoms with Gasteiger partial charge in [0.2, 0.25) is 0 Å². The molecule has 1 aliphatic rings. The Kier molecular flexibility index (Phi) is 8.22. The molecule has 3 rings (SSSR count). The van der Waals surface area contributed by atoms with Crippen LogP contribution in [0, 0.1) is 0 Å². The minimum Gasteiger partial charge on any atom is -0.491 e. The van der Waals surface area contributed by atoms with Crippen LogP contribution < -0.4 is 10.5 Å². The van der Waals surface area contributed by atoms with E-state index < -0.39 is 0 Å². The van der Waals surface area contributed by atoms with Gasteiger partial charge in [0.15, 0.2) is 0 Å². The Hall–Kier alpha value is -1.59. The summed E-state index contributed by atoms with van der Waals surface area (Å²) in [5.74, 6) is 1.31. The van der Waals surface area contributed by atoms with Crippen molar-refractivity contribution in [2.75, 3.05) is 39.5 Å². The predicted molar refractivity (Wildman–Crippen MR) is 104 cm³/mol. The lowest BCUT2D eigenvalue weighted by atomic mass is 9.95. The van der Waals surface area contributed by atoms with Crippen LogP contribution in [0.2, 0.25) is 0 Å². The van der Waals surface area contributed by atoms with Gasteiger partial charge < -0.3 is 15.2 Å². The Morgan fingerprint density at radius 2 is 1.56 bits per heavy atom. The number of ether oxygens (including phenoxy) is 2. The van der Waals surface area contributed by atoms with E-state index in [1.165, 1.54) is 5.56 Å². The van der Waals surface area contributed by atoms with Crippen LogP contribution in [-0.4, -0.2) is 50.4 Å². The SMILES string of the molecule is Cl.N[C@@H]1CN(CCOCCOc2ccccc2)C[C@H]1c1ccccc1. The molecule has 1 heterocycles. The van der Waals surface area contributed by atoms with Crippen LogP contribution in [0.4, 0.5) is 0 Å². The molecule has 2 N–H and O–H groups in total. The summed E-state index contributed by atoms with van der Waals surface area (Å²) in [5.41, 5.74) is 7.65. The molecule has 2 aromatic carbocycles. The maximum atomic E-state index is 6.32. The summed E-state index contributed by atoms with van der Waals surface area (Å²) in [7, 11) is 0. The number of nitrogens with two attached hydrogens (primary N) is 1. The summed E-state index contributed by atoms with van der Waals surface area (Å²) in [4.78, 5) is 2.39. The molecular weight excluding hydrogens is 336 g/mol. The third-order valence-electron chi connectivity index (χ3n) is 4.46. The van der Waals surface area contributed by atoms with E-state index >= 15 is 0 Å². The van der Waals surface area contributed by atoms with Gasteiger partial charge in [-0.1, -0.05) is 48.5 Å². The maximum absolute atomic E-state index is 6.32. The third-order valence-corrected chi connectivity index (χ3v) is 4.46. The van der Waals surface area contributed by atoms with Crippen molar-refractivity contribution >= 4 is 12.4 Å². The van der Waals surface area contributed by atoms with Crippen LogP contribution in [-0.2, 0) is 4.74 Å². The zero-order valence-electron chi connectivity index (χ0n) is 14.4. The highest BCUT2D eigenvalue weighted by Crippen LogP contribution is 2.25. The largest absolute Gasteiger partial charge is 0.491 e. The summed E-state index contributed by atoms with van der Waals surface area (Å²) in [6, 6.07) is 20.6. The molecule has 0 spiro atoms. The molecule has 25 heavy (non-hydrogen) atoms. The van der Waals surface area contributed by atoms with E-state index in [1.54, 1.807) is 0 Å². The molecule has 5 heteroatoms. The Morgan fingerprint density at radius 1 is 0.880 bits per heavy atom. The summed E-state index contributed by atoms with van der Waals surface area (Å²) in [5, 5.41) is 0. The molecule has 136 valence electrons. The van der Waals surface area contributed by atoms with E-state index in [0.717, 1.165) is 25.4 Å². The summed E-state index contributed by atoms with van der Waals surface area (Å²) in [6.07, 6.45) is 0. The van der Waals surface area contributed by atoms with Gasteiger partial charge in [0, 0.05) is 31.6 Å². The van der Waals surface area contributed by atoms with Crippen molar-refractivity contribution in [1.82, 2.24) is 4.90 Å². The minimum atomic E-state index is 0. The molecule has 0 aliphatic carbocycles. The van der Waals surface area contributed by atoms with Gasteiger partial charge in [0.25, 0.3) is 0 Å². The van der Waals surface area contributed by atoms with E-state index in [1.807, 2.05) is 36.4 Å². The average molecular weight is 363 g/mol. The second kappa shape index (κ2) is 10.4. The van der Waals surface area contributed by atoms with E-state index in [2.05, 4.69) is 29.2 Å². The molecule has 1 aliphatic heterocycles.